The molecule has 3 nitrogen and oxygen atoms in total. The largest absolute Gasteiger partial charge is 0.494 e. The molecule has 2 rings (SSSR count). The summed E-state index contributed by atoms with van der Waals surface area (Å²) < 4.78 is 5.75. The molecule has 0 radical (unpaired) electrons. The minimum atomic E-state index is 0.217. The first-order valence-corrected chi connectivity index (χ1v) is 8.28. The Morgan fingerprint density at radius 3 is 2.52 bits per heavy atom. The number of piperidine rings is 1. The van der Waals surface area contributed by atoms with Gasteiger partial charge >= 0.3 is 0 Å². The lowest BCUT2D eigenvalue weighted by Gasteiger charge is -2.26. The number of nitrogens with zero attached hydrogens (tertiary/aromatic N) is 1. The molecule has 1 aromatic carbocycles. The van der Waals surface area contributed by atoms with Gasteiger partial charge in [-0.25, -0.2) is 0 Å². The standard InChI is InChI=1S/C18H27NO2/c1-2-7-18(20)16-8-10-17(11-9-16)21-15-6-14-19-12-4-3-5-13-19/h8-11H,2-7,12-15H2,1H3. The number of ether oxygens (including phenoxy) is 1. The Kier molecular flexibility index (Phi) is 6.74. The summed E-state index contributed by atoms with van der Waals surface area (Å²) in [5.41, 5.74) is 0.789. The van der Waals surface area contributed by atoms with Gasteiger partial charge in [-0.05, 0) is 63.0 Å². The second-order valence-electron chi connectivity index (χ2n) is 5.80. The van der Waals surface area contributed by atoms with Crippen molar-refractivity contribution in [3.05, 3.63) is 29.8 Å². The fraction of sp³-hybridized carbons (Fsp3) is 0.611. The van der Waals surface area contributed by atoms with E-state index in [1.807, 2.05) is 31.2 Å². The molecule has 0 aromatic heterocycles. The van der Waals surface area contributed by atoms with Gasteiger partial charge in [-0.2, -0.15) is 0 Å². The number of carbonyl (C=O) groups is 1. The van der Waals surface area contributed by atoms with Crippen molar-refractivity contribution in [2.24, 2.45) is 0 Å². The molecule has 0 bridgehead atoms. The summed E-state index contributed by atoms with van der Waals surface area (Å²) in [6, 6.07) is 7.56. The highest BCUT2D eigenvalue weighted by Crippen LogP contribution is 2.15. The minimum Gasteiger partial charge on any atom is -0.494 e. The summed E-state index contributed by atoms with van der Waals surface area (Å²) in [5, 5.41) is 0. The van der Waals surface area contributed by atoms with Gasteiger partial charge in [0.1, 0.15) is 5.75 Å². The lowest BCUT2D eigenvalue weighted by atomic mass is 10.1. The quantitative estimate of drug-likeness (QED) is 0.536. The molecule has 0 unspecified atom stereocenters. The zero-order chi connectivity index (χ0) is 14.9. The Morgan fingerprint density at radius 1 is 1.14 bits per heavy atom. The van der Waals surface area contributed by atoms with Crippen molar-refractivity contribution in [2.45, 2.75) is 45.4 Å². The van der Waals surface area contributed by atoms with E-state index >= 15 is 0 Å². The number of carbonyl (C=O) groups excluding carboxylic acids is 1. The van der Waals surface area contributed by atoms with Crippen LogP contribution in [0.4, 0.5) is 0 Å². The maximum Gasteiger partial charge on any atom is 0.162 e. The van der Waals surface area contributed by atoms with Crippen molar-refractivity contribution in [1.82, 2.24) is 4.90 Å². The molecule has 0 atom stereocenters. The van der Waals surface area contributed by atoms with E-state index in [9.17, 15) is 4.79 Å². The summed E-state index contributed by atoms with van der Waals surface area (Å²) in [7, 11) is 0. The number of hydrogen-bond acceptors (Lipinski definition) is 3. The van der Waals surface area contributed by atoms with Crippen molar-refractivity contribution in [2.75, 3.05) is 26.2 Å². The first-order valence-electron chi connectivity index (χ1n) is 8.28. The minimum absolute atomic E-state index is 0.217. The molecule has 1 aromatic rings. The summed E-state index contributed by atoms with van der Waals surface area (Å²) in [5.74, 6) is 1.08. The fourth-order valence-electron chi connectivity index (χ4n) is 2.77. The molecule has 0 saturated carbocycles. The van der Waals surface area contributed by atoms with Crippen LogP contribution in [0, 0.1) is 0 Å². The van der Waals surface area contributed by atoms with Gasteiger partial charge < -0.3 is 9.64 Å². The molecule has 0 N–H and O–H groups in total. The zero-order valence-corrected chi connectivity index (χ0v) is 13.1. The van der Waals surface area contributed by atoms with Crippen LogP contribution in [-0.2, 0) is 0 Å². The SMILES string of the molecule is CCCC(=O)c1ccc(OCCCN2CCCCC2)cc1. The van der Waals surface area contributed by atoms with Crippen LogP contribution in [-0.4, -0.2) is 36.9 Å². The van der Waals surface area contributed by atoms with Gasteiger partial charge in [-0.3, -0.25) is 4.79 Å². The predicted molar refractivity (Wildman–Crippen MR) is 86.1 cm³/mol. The molecule has 1 heterocycles. The Labute approximate surface area is 128 Å². The van der Waals surface area contributed by atoms with Crippen LogP contribution in [0.2, 0.25) is 0 Å². The zero-order valence-electron chi connectivity index (χ0n) is 13.1. The molecule has 0 spiro atoms. The molecule has 1 aliphatic heterocycles. The van der Waals surface area contributed by atoms with Gasteiger partial charge in [0.25, 0.3) is 0 Å². The van der Waals surface area contributed by atoms with E-state index in [0.29, 0.717) is 6.42 Å². The van der Waals surface area contributed by atoms with Crippen LogP contribution in [0.3, 0.4) is 0 Å². The third-order valence-corrected chi connectivity index (χ3v) is 3.99. The molecule has 0 amide bonds. The topological polar surface area (TPSA) is 29.5 Å². The highest BCUT2D eigenvalue weighted by Gasteiger charge is 2.09. The van der Waals surface area contributed by atoms with E-state index in [1.54, 1.807) is 0 Å². The number of rotatable bonds is 8. The Balaban J connectivity index is 1.67. The number of Topliss-reactive ketones (excluding diaryl/α,β-unsaturated/α-hetero) is 1. The van der Waals surface area contributed by atoms with E-state index in [0.717, 1.165) is 37.3 Å². The van der Waals surface area contributed by atoms with E-state index in [1.165, 1.54) is 32.4 Å². The van der Waals surface area contributed by atoms with Gasteiger partial charge in [0.15, 0.2) is 5.78 Å². The molecule has 3 heteroatoms. The van der Waals surface area contributed by atoms with Gasteiger partial charge in [0.2, 0.25) is 0 Å². The van der Waals surface area contributed by atoms with Crippen LogP contribution >= 0.6 is 0 Å². The Morgan fingerprint density at radius 2 is 1.86 bits per heavy atom. The van der Waals surface area contributed by atoms with E-state index in [-0.39, 0.29) is 5.78 Å². The van der Waals surface area contributed by atoms with Crippen LogP contribution < -0.4 is 4.74 Å². The van der Waals surface area contributed by atoms with Crippen molar-refractivity contribution >= 4 is 5.78 Å². The summed E-state index contributed by atoms with van der Waals surface area (Å²) >= 11 is 0. The molecule has 116 valence electrons. The average molecular weight is 289 g/mol. The average Bonchev–Trinajstić information content (AvgIpc) is 2.53. The first kappa shape index (κ1) is 16.0. The lowest BCUT2D eigenvalue weighted by Crippen LogP contribution is -2.31. The van der Waals surface area contributed by atoms with Crippen molar-refractivity contribution < 1.29 is 9.53 Å². The molecule has 1 saturated heterocycles. The Hall–Kier alpha value is -1.35. The van der Waals surface area contributed by atoms with Gasteiger partial charge in [0, 0.05) is 18.5 Å². The van der Waals surface area contributed by atoms with Crippen molar-refractivity contribution in [3.8, 4) is 5.75 Å². The highest BCUT2D eigenvalue weighted by molar-refractivity contribution is 5.96. The smallest absolute Gasteiger partial charge is 0.162 e. The van der Waals surface area contributed by atoms with Crippen LogP contribution in [0.25, 0.3) is 0 Å². The monoisotopic (exact) mass is 289 g/mol. The predicted octanol–water partition coefficient (Wildman–Crippen LogP) is 3.92. The van der Waals surface area contributed by atoms with Crippen LogP contribution in [0.5, 0.6) is 5.75 Å². The fourth-order valence-corrected chi connectivity index (χ4v) is 2.77. The number of benzene rings is 1. The third-order valence-electron chi connectivity index (χ3n) is 3.99. The second kappa shape index (κ2) is 8.83. The molecular weight excluding hydrogens is 262 g/mol. The van der Waals surface area contributed by atoms with E-state index < -0.39 is 0 Å². The number of likely N-dealkylation sites (tertiary alicyclic amines) is 1. The Bertz CT molecular complexity index is 421. The van der Waals surface area contributed by atoms with Crippen molar-refractivity contribution in [3.63, 3.8) is 0 Å². The lowest BCUT2D eigenvalue weighted by molar-refractivity contribution is 0.0981. The third kappa shape index (κ3) is 5.50. The van der Waals surface area contributed by atoms with Crippen LogP contribution in [0.15, 0.2) is 24.3 Å². The summed E-state index contributed by atoms with van der Waals surface area (Å²) in [6.45, 7) is 6.39. The van der Waals surface area contributed by atoms with Gasteiger partial charge in [-0.15, -0.1) is 0 Å². The molecular formula is C18H27NO2. The molecule has 1 aliphatic rings. The summed E-state index contributed by atoms with van der Waals surface area (Å²) in [6.07, 6.45) is 6.65. The van der Waals surface area contributed by atoms with Gasteiger partial charge in [0.05, 0.1) is 6.61 Å². The maximum absolute atomic E-state index is 11.7. The first-order chi connectivity index (χ1) is 10.3. The van der Waals surface area contributed by atoms with Crippen LogP contribution in [0.1, 0.15) is 55.8 Å². The highest BCUT2D eigenvalue weighted by atomic mass is 16.5. The summed E-state index contributed by atoms with van der Waals surface area (Å²) in [4.78, 5) is 14.3. The van der Waals surface area contributed by atoms with E-state index in [2.05, 4.69) is 4.90 Å². The number of hydrogen-bond donors (Lipinski definition) is 0. The molecule has 1 fully saturated rings. The normalized spacial score (nSPS) is 15.9. The van der Waals surface area contributed by atoms with Gasteiger partial charge in [-0.1, -0.05) is 13.3 Å². The van der Waals surface area contributed by atoms with E-state index in [4.69, 9.17) is 4.74 Å². The molecule has 21 heavy (non-hydrogen) atoms. The van der Waals surface area contributed by atoms with Crippen molar-refractivity contribution in [1.29, 1.82) is 0 Å². The maximum atomic E-state index is 11.7. The molecule has 0 aliphatic carbocycles. The second-order valence-corrected chi connectivity index (χ2v) is 5.80. The number of ketones is 1.